The summed E-state index contributed by atoms with van der Waals surface area (Å²) < 4.78 is 33.4. The molecule has 0 bridgehead atoms. The third kappa shape index (κ3) is 32.9. The third-order valence-corrected chi connectivity index (χ3v) is 11.4. The zero-order valence-corrected chi connectivity index (χ0v) is 41.3. The molecule has 384 valence electrons. The number of allylic oxidation sites excluding steroid dienone is 18. The molecule has 1 aliphatic carbocycles. The number of rotatable bonds is 38. The molecule has 4 unspecified atom stereocenters. The van der Waals surface area contributed by atoms with Crippen molar-refractivity contribution in [2.75, 3.05) is 13.2 Å². The van der Waals surface area contributed by atoms with Gasteiger partial charge in [-0.25, -0.2) is 4.57 Å². The molecule has 0 radical (unpaired) electrons. The van der Waals surface area contributed by atoms with Crippen molar-refractivity contribution in [2.45, 2.75) is 185 Å². The molecule has 1 rings (SSSR count). The Kier molecular flexibility index (Phi) is 37.6. The van der Waals surface area contributed by atoms with Gasteiger partial charge >= 0.3 is 19.8 Å². The van der Waals surface area contributed by atoms with E-state index in [4.69, 9.17) is 18.5 Å². The number of unbranched alkanes of at least 4 members (excludes halogenated alkanes) is 6. The summed E-state index contributed by atoms with van der Waals surface area (Å²) in [5.74, 6) is -1.28. The van der Waals surface area contributed by atoms with Crippen molar-refractivity contribution in [1.82, 2.24) is 0 Å². The van der Waals surface area contributed by atoms with E-state index in [1.54, 1.807) is 12.2 Å². The summed E-state index contributed by atoms with van der Waals surface area (Å²) in [5.41, 5.74) is 0. The van der Waals surface area contributed by atoms with Gasteiger partial charge in [-0.2, -0.15) is 0 Å². The van der Waals surface area contributed by atoms with Crippen molar-refractivity contribution < 1.29 is 68.2 Å². The van der Waals surface area contributed by atoms with Gasteiger partial charge in [0.05, 0.1) is 12.7 Å². The second-order valence-corrected chi connectivity index (χ2v) is 17.8. The first-order chi connectivity index (χ1) is 32.8. The zero-order chi connectivity index (χ0) is 50.1. The Hall–Kier alpha value is -3.79. The first-order valence-corrected chi connectivity index (χ1v) is 25.9. The first kappa shape index (κ1) is 62.2. The summed E-state index contributed by atoms with van der Waals surface area (Å²) in [6.07, 6.45) is 41.3. The van der Waals surface area contributed by atoms with Gasteiger partial charge in [0.25, 0.3) is 0 Å². The predicted molar refractivity (Wildman–Crippen MR) is 268 cm³/mol. The predicted octanol–water partition coefficient (Wildman–Crippen LogP) is 9.14. The number of aliphatic hydroxyl groups excluding tert-OH is 6. The van der Waals surface area contributed by atoms with E-state index in [9.17, 15) is 49.7 Å². The Morgan fingerprint density at radius 1 is 0.544 bits per heavy atom. The van der Waals surface area contributed by atoms with E-state index in [2.05, 4.69) is 74.6 Å². The van der Waals surface area contributed by atoms with Crippen LogP contribution in [-0.4, -0.2) is 110 Å². The minimum Gasteiger partial charge on any atom is -0.462 e. The van der Waals surface area contributed by atoms with Gasteiger partial charge in [-0.3, -0.25) is 18.6 Å². The van der Waals surface area contributed by atoms with Gasteiger partial charge in [-0.15, -0.1) is 0 Å². The molecule has 1 fully saturated rings. The molecule has 0 amide bonds. The molecular weight excluding hydrogens is 892 g/mol. The number of phosphoric acid groups is 1. The zero-order valence-electron chi connectivity index (χ0n) is 40.5. The van der Waals surface area contributed by atoms with Crippen molar-refractivity contribution in [3.8, 4) is 0 Å². The van der Waals surface area contributed by atoms with Crippen molar-refractivity contribution in [2.24, 2.45) is 0 Å². The smallest absolute Gasteiger partial charge is 0.462 e. The Morgan fingerprint density at radius 2 is 1.04 bits per heavy atom. The summed E-state index contributed by atoms with van der Waals surface area (Å²) in [4.78, 5) is 35.7. The van der Waals surface area contributed by atoms with Crippen LogP contribution >= 0.6 is 7.82 Å². The number of esters is 2. The number of carbonyl (C=O) groups is 2. The maximum absolute atomic E-state index is 12.8. The van der Waals surface area contributed by atoms with Crippen molar-refractivity contribution in [3.05, 3.63) is 122 Å². The fraction of sp³-hybridized carbons (Fsp3) is 0.585. The quantitative estimate of drug-likeness (QED) is 0.0101. The summed E-state index contributed by atoms with van der Waals surface area (Å²) in [6, 6.07) is 0. The topological polar surface area (TPSA) is 230 Å². The monoisotopic (exact) mass is 975 g/mol. The van der Waals surface area contributed by atoms with E-state index >= 15 is 0 Å². The van der Waals surface area contributed by atoms with Gasteiger partial charge in [-0.1, -0.05) is 155 Å². The Bertz CT molecular complexity index is 1660. The Balaban J connectivity index is 2.55. The van der Waals surface area contributed by atoms with E-state index in [-0.39, 0.29) is 12.8 Å². The lowest BCUT2D eigenvalue weighted by Crippen LogP contribution is -2.64. The van der Waals surface area contributed by atoms with Crippen LogP contribution in [0, 0.1) is 0 Å². The van der Waals surface area contributed by atoms with Gasteiger partial charge < -0.3 is 45.0 Å². The average Bonchev–Trinajstić information content (AvgIpc) is 3.32. The molecule has 0 aromatic rings. The van der Waals surface area contributed by atoms with Crippen LogP contribution in [0.25, 0.3) is 0 Å². The highest BCUT2D eigenvalue weighted by Crippen LogP contribution is 2.47. The molecular formula is C53H83O14P. The third-order valence-electron chi connectivity index (χ3n) is 10.4. The lowest BCUT2D eigenvalue weighted by atomic mass is 9.85. The standard InChI is InChI=1S/C53H83O14P/c1-3-5-7-9-11-12-13-14-15-16-17-18-19-20-21-25-28-32-36-40-46(55)64-42-45(43-65-68(62,63)67-53-51(60)49(58)48(57)50(59)52(53)61)66-47(56)41-37-33-29-26-23-22-24-27-31-35-39-44(54)38-34-30-10-8-6-4-2/h6,8,11-12,14-15,17-18,20-23,27,29-31,33-35,39,44-45,48-54,57-61H,3-5,7,9-10,13,16,19,24-26,28,32,36-38,40-43H2,1-2H3,(H,62,63)/b8-6-,12-11-,15-14-,18-17-,21-20-,23-22-,31-27-,33-29-,34-30-,39-35+/t44?,45-,48?,49-,50+,51-,52-,53?/m1/s1. The molecule has 0 heterocycles. The molecule has 1 saturated carbocycles. The molecule has 1 aliphatic rings. The highest BCUT2D eigenvalue weighted by atomic mass is 31.2. The van der Waals surface area contributed by atoms with E-state index in [0.717, 1.165) is 57.8 Å². The lowest BCUT2D eigenvalue weighted by Gasteiger charge is -2.41. The van der Waals surface area contributed by atoms with Crippen LogP contribution < -0.4 is 0 Å². The van der Waals surface area contributed by atoms with Crippen LogP contribution in [0.4, 0.5) is 0 Å². The van der Waals surface area contributed by atoms with Crippen molar-refractivity contribution >= 4 is 19.8 Å². The van der Waals surface area contributed by atoms with Crippen molar-refractivity contribution in [3.63, 3.8) is 0 Å². The van der Waals surface area contributed by atoms with Gasteiger partial charge in [0.2, 0.25) is 0 Å². The fourth-order valence-corrected chi connectivity index (χ4v) is 7.41. The number of ether oxygens (including phenoxy) is 2. The second kappa shape index (κ2) is 41.0. The minimum atomic E-state index is -5.17. The minimum absolute atomic E-state index is 0.0669. The average molecular weight is 975 g/mol. The highest BCUT2D eigenvalue weighted by Gasteiger charge is 2.51. The fourth-order valence-electron chi connectivity index (χ4n) is 6.44. The largest absolute Gasteiger partial charge is 0.472 e. The van der Waals surface area contributed by atoms with E-state index in [1.807, 2.05) is 48.6 Å². The van der Waals surface area contributed by atoms with Crippen LogP contribution in [0.2, 0.25) is 0 Å². The molecule has 7 N–H and O–H groups in total. The molecule has 14 nitrogen and oxygen atoms in total. The van der Waals surface area contributed by atoms with E-state index < -0.39 is 81.8 Å². The molecule has 0 aromatic carbocycles. The molecule has 15 heteroatoms. The number of hydrogen-bond acceptors (Lipinski definition) is 13. The molecule has 0 saturated heterocycles. The van der Waals surface area contributed by atoms with Crippen molar-refractivity contribution in [1.29, 1.82) is 0 Å². The summed E-state index contributed by atoms with van der Waals surface area (Å²) in [7, 11) is -5.17. The van der Waals surface area contributed by atoms with Crippen LogP contribution in [0.1, 0.15) is 136 Å². The van der Waals surface area contributed by atoms with Crippen LogP contribution in [0.15, 0.2) is 122 Å². The van der Waals surface area contributed by atoms with E-state index in [0.29, 0.717) is 32.1 Å². The lowest BCUT2D eigenvalue weighted by molar-refractivity contribution is -0.220. The summed E-state index contributed by atoms with van der Waals surface area (Å²) in [5, 5.41) is 60.2. The van der Waals surface area contributed by atoms with Gasteiger partial charge in [-0.05, 0) is 89.9 Å². The number of hydrogen-bond donors (Lipinski definition) is 7. The number of phosphoric ester groups is 1. The van der Waals surface area contributed by atoms with E-state index in [1.165, 1.54) is 19.3 Å². The van der Waals surface area contributed by atoms with Crippen LogP contribution in [0.5, 0.6) is 0 Å². The highest BCUT2D eigenvalue weighted by molar-refractivity contribution is 7.47. The first-order valence-electron chi connectivity index (χ1n) is 24.4. The molecule has 0 aromatic heterocycles. The number of aliphatic hydroxyl groups is 6. The van der Waals surface area contributed by atoms with Gasteiger partial charge in [0, 0.05) is 12.8 Å². The molecule has 0 aliphatic heterocycles. The Morgan fingerprint density at radius 3 is 1.62 bits per heavy atom. The van der Waals surface area contributed by atoms with Gasteiger partial charge in [0.1, 0.15) is 43.2 Å². The summed E-state index contributed by atoms with van der Waals surface area (Å²) in [6.45, 7) is 2.99. The van der Waals surface area contributed by atoms with Gasteiger partial charge in [0.15, 0.2) is 6.10 Å². The maximum Gasteiger partial charge on any atom is 0.472 e. The molecule has 9 atom stereocenters. The second-order valence-electron chi connectivity index (χ2n) is 16.4. The maximum atomic E-state index is 12.8. The summed E-state index contributed by atoms with van der Waals surface area (Å²) >= 11 is 0. The molecule has 68 heavy (non-hydrogen) atoms. The SMILES string of the molecule is CC/C=C\C/C=C\CC(O)/C=C/C=C\C/C=C\C/C=C\CCC(=O)O[C@H](COC(=O)CCCCC/C=C\C/C=C\C/C=C\C/C=C\CCCCC)COP(=O)(O)OC1[C@H](O)[C@H](O)C(O)[C@H](O)[C@H]1O. The Labute approximate surface area is 406 Å². The molecule has 0 spiro atoms. The van der Waals surface area contributed by atoms with Crippen LogP contribution in [-0.2, 0) is 32.7 Å². The van der Waals surface area contributed by atoms with Crippen LogP contribution in [0.3, 0.4) is 0 Å². The number of carbonyl (C=O) groups excluding carboxylic acids is 2. The normalized spacial score (nSPS) is 22.5.